The molecule has 0 aliphatic heterocycles. The van der Waals surface area contributed by atoms with Crippen molar-refractivity contribution < 1.29 is 4.39 Å². The van der Waals surface area contributed by atoms with E-state index in [4.69, 9.17) is 11.6 Å². The molecule has 1 rings (SSSR count). The molecule has 0 aliphatic carbocycles. The maximum atomic E-state index is 12.9. The number of anilines is 1. The SMILES string of the molecule is CCCC(C)Nc1cc(F)cc(Cl)c1. The predicted molar refractivity (Wildman–Crippen MR) is 59.4 cm³/mol. The van der Waals surface area contributed by atoms with Crippen molar-refractivity contribution in [1.29, 1.82) is 0 Å². The van der Waals surface area contributed by atoms with Gasteiger partial charge in [-0.05, 0) is 31.5 Å². The third kappa shape index (κ3) is 3.54. The second kappa shape index (κ2) is 5.20. The van der Waals surface area contributed by atoms with Crippen LogP contribution in [-0.4, -0.2) is 6.04 Å². The summed E-state index contributed by atoms with van der Waals surface area (Å²) in [7, 11) is 0. The maximum absolute atomic E-state index is 12.9. The van der Waals surface area contributed by atoms with Crippen LogP contribution in [0.2, 0.25) is 5.02 Å². The van der Waals surface area contributed by atoms with Crippen LogP contribution in [0.3, 0.4) is 0 Å². The molecule has 1 nitrogen and oxygen atoms in total. The molecule has 0 aromatic heterocycles. The summed E-state index contributed by atoms with van der Waals surface area (Å²) in [4.78, 5) is 0. The molecule has 0 fully saturated rings. The highest BCUT2D eigenvalue weighted by atomic mass is 35.5. The fourth-order valence-corrected chi connectivity index (χ4v) is 1.65. The first-order chi connectivity index (χ1) is 6.61. The smallest absolute Gasteiger partial charge is 0.126 e. The van der Waals surface area contributed by atoms with Crippen molar-refractivity contribution in [3.63, 3.8) is 0 Å². The first-order valence-corrected chi connectivity index (χ1v) is 5.22. The summed E-state index contributed by atoms with van der Waals surface area (Å²) >= 11 is 5.73. The Labute approximate surface area is 89.3 Å². The van der Waals surface area contributed by atoms with Gasteiger partial charge in [0.1, 0.15) is 5.82 Å². The molecule has 1 unspecified atom stereocenters. The van der Waals surface area contributed by atoms with Crippen LogP contribution in [0.5, 0.6) is 0 Å². The summed E-state index contributed by atoms with van der Waals surface area (Å²) in [5.41, 5.74) is 0.746. The van der Waals surface area contributed by atoms with Gasteiger partial charge in [0.05, 0.1) is 0 Å². The van der Waals surface area contributed by atoms with E-state index in [2.05, 4.69) is 19.2 Å². The fraction of sp³-hybridized carbons (Fsp3) is 0.455. The van der Waals surface area contributed by atoms with Crippen LogP contribution in [0.15, 0.2) is 18.2 Å². The molecule has 78 valence electrons. The minimum Gasteiger partial charge on any atom is -0.382 e. The summed E-state index contributed by atoms with van der Waals surface area (Å²) in [6.45, 7) is 4.19. The van der Waals surface area contributed by atoms with Crippen LogP contribution in [0.25, 0.3) is 0 Å². The topological polar surface area (TPSA) is 12.0 Å². The lowest BCUT2D eigenvalue weighted by Gasteiger charge is -2.14. The standard InChI is InChI=1S/C11H15ClFN/c1-3-4-8(2)14-11-6-9(12)5-10(13)7-11/h5-8,14H,3-4H2,1-2H3. The Morgan fingerprint density at radius 2 is 2.14 bits per heavy atom. The number of hydrogen-bond donors (Lipinski definition) is 1. The van der Waals surface area contributed by atoms with Crippen LogP contribution in [0, 0.1) is 5.82 Å². The molecule has 14 heavy (non-hydrogen) atoms. The molecule has 1 atom stereocenters. The summed E-state index contributed by atoms with van der Waals surface area (Å²) in [6, 6.07) is 4.84. The van der Waals surface area contributed by atoms with Gasteiger partial charge in [0.25, 0.3) is 0 Å². The molecule has 1 aromatic carbocycles. The Balaban J connectivity index is 2.66. The van der Waals surface area contributed by atoms with Gasteiger partial charge < -0.3 is 5.32 Å². The summed E-state index contributed by atoms with van der Waals surface area (Å²) < 4.78 is 12.9. The lowest BCUT2D eigenvalue weighted by molar-refractivity contribution is 0.627. The van der Waals surface area contributed by atoms with E-state index < -0.39 is 0 Å². The first kappa shape index (κ1) is 11.3. The number of benzene rings is 1. The third-order valence-electron chi connectivity index (χ3n) is 2.00. The Kier molecular flexibility index (Phi) is 4.21. The number of nitrogens with one attached hydrogen (secondary N) is 1. The quantitative estimate of drug-likeness (QED) is 0.798. The molecule has 0 amide bonds. The van der Waals surface area contributed by atoms with E-state index in [9.17, 15) is 4.39 Å². The second-order valence-corrected chi connectivity index (χ2v) is 3.93. The summed E-state index contributed by atoms with van der Waals surface area (Å²) in [5, 5.41) is 3.63. The molecule has 0 aliphatic rings. The van der Waals surface area contributed by atoms with Crippen molar-refractivity contribution in [1.82, 2.24) is 0 Å². The van der Waals surface area contributed by atoms with Crippen LogP contribution in [-0.2, 0) is 0 Å². The van der Waals surface area contributed by atoms with Gasteiger partial charge in [-0.15, -0.1) is 0 Å². The van der Waals surface area contributed by atoms with E-state index in [0.29, 0.717) is 11.1 Å². The summed E-state index contributed by atoms with van der Waals surface area (Å²) in [5.74, 6) is -0.302. The van der Waals surface area contributed by atoms with Crippen molar-refractivity contribution in [2.75, 3.05) is 5.32 Å². The number of halogens is 2. The van der Waals surface area contributed by atoms with Crippen molar-refractivity contribution in [3.8, 4) is 0 Å². The average molecular weight is 216 g/mol. The normalized spacial score (nSPS) is 12.6. The van der Waals surface area contributed by atoms with Crippen LogP contribution in [0.4, 0.5) is 10.1 Å². The highest BCUT2D eigenvalue weighted by Gasteiger charge is 2.02. The van der Waals surface area contributed by atoms with Gasteiger partial charge in [-0.2, -0.15) is 0 Å². The molecule has 0 saturated heterocycles. The van der Waals surface area contributed by atoms with Gasteiger partial charge in [-0.3, -0.25) is 0 Å². The van der Waals surface area contributed by atoms with Gasteiger partial charge in [0.15, 0.2) is 0 Å². The minimum atomic E-state index is -0.302. The Hall–Kier alpha value is -0.760. The zero-order chi connectivity index (χ0) is 10.6. The molecule has 0 saturated carbocycles. The van der Waals surface area contributed by atoms with E-state index >= 15 is 0 Å². The van der Waals surface area contributed by atoms with Crippen molar-refractivity contribution in [2.24, 2.45) is 0 Å². The van der Waals surface area contributed by atoms with E-state index in [1.807, 2.05) is 0 Å². The van der Waals surface area contributed by atoms with Gasteiger partial charge in [-0.25, -0.2) is 4.39 Å². The van der Waals surface area contributed by atoms with Gasteiger partial charge in [0, 0.05) is 16.8 Å². The molecule has 3 heteroatoms. The summed E-state index contributed by atoms with van der Waals surface area (Å²) in [6.07, 6.45) is 2.17. The molecule has 0 spiro atoms. The molecule has 0 radical (unpaired) electrons. The molecule has 1 aromatic rings. The van der Waals surface area contributed by atoms with Crippen LogP contribution in [0.1, 0.15) is 26.7 Å². The second-order valence-electron chi connectivity index (χ2n) is 3.49. The van der Waals surface area contributed by atoms with Crippen molar-refractivity contribution in [2.45, 2.75) is 32.7 Å². The Morgan fingerprint density at radius 1 is 1.43 bits per heavy atom. The van der Waals surface area contributed by atoms with Crippen LogP contribution >= 0.6 is 11.6 Å². The van der Waals surface area contributed by atoms with Crippen molar-refractivity contribution >= 4 is 17.3 Å². The lowest BCUT2D eigenvalue weighted by atomic mass is 10.2. The molecular weight excluding hydrogens is 201 g/mol. The van der Waals surface area contributed by atoms with Crippen molar-refractivity contribution in [3.05, 3.63) is 29.0 Å². The predicted octanol–water partition coefficient (Wildman–Crippen LogP) is 4.08. The van der Waals surface area contributed by atoms with E-state index in [0.717, 1.165) is 18.5 Å². The molecule has 1 N–H and O–H groups in total. The molecule has 0 bridgehead atoms. The van der Waals surface area contributed by atoms with E-state index in [1.165, 1.54) is 12.1 Å². The zero-order valence-electron chi connectivity index (χ0n) is 8.48. The van der Waals surface area contributed by atoms with Gasteiger partial charge in [0.2, 0.25) is 0 Å². The fourth-order valence-electron chi connectivity index (χ4n) is 1.43. The number of rotatable bonds is 4. The Bertz CT molecular complexity index is 281. The first-order valence-electron chi connectivity index (χ1n) is 4.84. The average Bonchev–Trinajstić information content (AvgIpc) is 2.01. The number of hydrogen-bond acceptors (Lipinski definition) is 1. The van der Waals surface area contributed by atoms with Crippen LogP contribution < -0.4 is 5.32 Å². The Morgan fingerprint density at radius 3 is 2.71 bits per heavy atom. The van der Waals surface area contributed by atoms with Gasteiger partial charge >= 0.3 is 0 Å². The van der Waals surface area contributed by atoms with E-state index in [-0.39, 0.29) is 5.82 Å². The third-order valence-corrected chi connectivity index (χ3v) is 2.22. The maximum Gasteiger partial charge on any atom is 0.126 e. The monoisotopic (exact) mass is 215 g/mol. The highest BCUT2D eigenvalue weighted by Crippen LogP contribution is 2.19. The lowest BCUT2D eigenvalue weighted by Crippen LogP contribution is -2.14. The van der Waals surface area contributed by atoms with E-state index in [1.54, 1.807) is 6.07 Å². The molecular formula is C11H15ClFN. The van der Waals surface area contributed by atoms with Gasteiger partial charge in [-0.1, -0.05) is 24.9 Å². The molecule has 0 heterocycles. The minimum absolute atomic E-state index is 0.302. The highest BCUT2D eigenvalue weighted by molar-refractivity contribution is 6.30. The zero-order valence-corrected chi connectivity index (χ0v) is 9.24. The largest absolute Gasteiger partial charge is 0.382 e.